The van der Waals surface area contributed by atoms with E-state index in [9.17, 15) is 0 Å². The van der Waals surface area contributed by atoms with Gasteiger partial charge in [0.05, 0.1) is 26.3 Å². The van der Waals surface area contributed by atoms with Crippen molar-refractivity contribution in [3.05, 3.63) is 40.2 Å². The predicted octanol–water partition coefficient (Wildman–Crippen LogP) is 4.31. The van der Waals surface area contributed by atoms with Gasteiger partial charge >= 0.3 is 0 Å². The summed E-state index contributed by atoms with van der Waals surface area (Å²) >= 11 is 1.66. The Morgan fingerprint density at radius 1 is 1.07 bits per heavy atom. The number of aryl methyl sites for hydroxylation is 1. The lowest BCUT2D eigenvalue weighted by Gasteiger charge is -2.08. The van der Waals surface area contributed by atoms with Crippen LogP contribution in [0.15, 0.2) is 23.6 Å². The zero-order valence-electron chi connectivity index (χ0n) is 15.5. The lowest BCUT2D eigenvalue weighted by molar-refractivity contribution is 0.355. The van der Waals surface area contributed by atoms with Crippen LogP contribution in [0.4, 0.5) is 0 Å². The number of hydrogen-bond donors (Lipinski definition) is 0. The first-order valence-corrected chi connectivity index (χ1v) is 9.74. The van der Waals surface area contributed by atoms with E-state index in [4.69, 9.17) is 14.5 Å². The van der Waals surface area contributed by atoms with Gasteiger partial charge in [-0.25, -0.2) is 4.98 Å². The van der Waals surface area contributed by atoms with Crippen LogP contribution in [-0.4, -0.2) is 34.0 Å². The van der Waals surface area contributed by atoms with E-state index in [1.165, 1.54) is 19.3 Å². The number of ether oxygens (including phenoxy) is 2. The molecule has 4 rings (SSSR count). The average Bonchev–Trinajstić information content (AvgIpc) is 3.22. The van der Waals surface area contributed by atoms with Crippen LogP contribution in [0.1, 0.15) is 35.9 Å². The molecule has 8 heteroatoms. The molecule has 0 saturated carbocycles. The highest BCUT2D eigenvalue weighted by molar-refractivity contribution is 8.93. The second kappa shape index (κ2) is 8.84. The number of rotatable bonds is 5. The van der Waals surface area contributed by atoms with Gasteiger partial charge in [0.1, 0.15) is 16.7 Å². The third-order valence-electron chi connectivity index (χ3n) is 4.73. The first-order valence-electron chi connectivity index (χ1n) is 8.86. The van der Waals surface area contributed by atoms with Gasteiger partial charge in [-0.1, -0.05) is 6.42 Å². The second-order valence-electron chi connectivity index (χ2n) is 6.37. The van der Waals surface area contributed by atoms with Gasteiger partial charge in [-0.2, -0.15) is 0 Å². The second-order valence-corrected chi connectivity index (χ2v) is 7.31. The molecule has 0 bridgehead atoms. The molecule has 0 atom stereocenters. The Morgan fingerprint density at radius 2 is 1.93 bits per heavy atom. The van der Waals surface area contributed by atoms with Gasteiger partial charge in [-0.3, -0.25) is 0 Å². The van der Waals surface area contributed by atoms with Crippen molar-refractivity contribution in [1.82, 2.24) is 19.7 Å². The van der Waals surface area contributed by atoms with Gasteiger partial charge in [0, 0.05) is 23.9 Å². The molecule has 0 amide bonds. The van der Waals surface area contributed by atoms with Crippen LogP contribution in [0.3, 0.4) is 0 Å². The minimum Gasteiger partial charge on any atom is -0.493 e. The first-order chi connectivity index (χ1) is 12.8. The number of methoxy groups -OCH3 is 2. The SMILES string of the molecule is Br.COc1ccc(-c2csc(Cc3nnc4n3CCCCC4)n2)cc1OC. The molecule has 0 spiro atoms. The highest BCUT2D eigenvalue weighted by atomic mass is 79.9. The monoisotopic (exact) mass is 450 g/mol. The normalized spacial score (nSPS) is 13.4. The fraction of sp³-hybridized carbons (Fsp3) is 0.421. The minimum absolute atomic E-state index is 0. The molecule has 0 radical (unpaired) electrons. The summed E-state index contributed by atoms with van der Waals surface area (Å²) in [7, 11) is 3.28. The van der Waals surface area contributed by atoms with Crippen LogP contribution >= 0.6 is 28.3 Å². The van der Waals surface area contributed by atoms with Crippen molar-refractivity contribution in [2.75, 3.05) is 14.2 Å². The fourth-order valence-corrected chi connectivity index (χ4v) is 4.13. The van der Waals surface area contributed by atoms with E-state index in [1.54, 1.807) is 25.6 Å². The van der Waals surface area contributed by atoms with Gasteiger partial charge in [-0.15, -0.1) is 38.5 Å². The number of benzene rings is 1. The third-order valence-corrected chi connectivity index (χ3v) is 5.58. The van der Waals surface area contributed by atoms with E-state index in [1.807, 2.05) is 18.2 Å². The Morgan fingerprint density at radius 3 is 2.74 bits per heavy atom. The van der Waals surface area contributed by atoms with Crippen molar-refractivity contribution < 1.29 is 9.47 Å². The Bertz CT molecular complexity index is 909. The van der Waals surface area contributed by atoms with E-state index < -0.39 is 0 Å². The summed E-state index contributed by atoms with van der Waals surface area (Å²) in [6, 6.07) is 5.87. The molecule has 0 saturated heterocycles. The number of aromatic nitrogens is 4. The van der Waals surface area contributed by atoms with Gasteiger partial charge in [0.2, 0.25) is 0 Å². The highest BCUT2D eigenvalue weighted by Gasteiger charge is 2.16. The van der Waals surface area contributed by atoms with Crippen LogP contribution in [0.5, 0.6) is 11.5 Å². The van der Waals surface area contributed by atoms with Crippen LogP contribution in [0, 0.1) is 0 Å². The molecule has 27 heavy (non-hydrogen) atoms. The van der Waals surface area contributed by atoms with Crippen molar-refractivity contribution in [3.63, 3.8) is 0 Å². The molecule has 0 fully saturated rings. The molecular formula is C19H23BrN4O2S. The summed E-state index contributed by atoms with van der Waals surface area (Å²) in [4.78, 5) is 4.80. The maximum atomic E-state index is 5.39. The molecule has 2 aromatic heterocycles. The summed E-state index contributed by atoms with van der Waals surface area (Å²) in [6.45, 7) is 1.02. The van der Waals surface area contributed by atoms with Crippen molar-refractivity contribution in [2.24, 2.45) is 0 Å². The fourth-order valence-electron chi connectivity index (χ4n) is 3.33. The molecule has 0 unspecified atom stereocenters. The number of hydrogen-bond acceptors (Lipinski definition) is 6. The van der Waals surface area contributed by atoms with Crippen LogP contribution < -0.4 is 9.47 Å². The summed E-state index contributed by atoms with van der Waals surface area (Å²) in [5, 5.41) is 11.9. The number of nitrogens with zero attached hydrogens (tertiary/aromatic N) is 4. The topological polar surface area (TPSA) is 62.1 Å². The van der Waals surface area contributed by atoms with Gasteiger partial charge < -0.3 is 14.0 Å². The smallest absolute Gasteiger partial charge is 0.161 e. The Kier molecular flexibility index (Phi) is 6.49. The maximum Gasteiger partial charge on any atom is 0.161 e. The molecular weight excluding hydrogens is 428 g/mol. The van der Waals surface area contributed by atoms with E-state index >= 15 is 0 Å². The Labute approximate surface area is 173 Å². The lowest BCUT2D eigenvalue weighted by atomic mass is 10.1. The molecule has 3 aromatic rings. The van der Waals surface area contributed by atoms with E-state index in [2.05, 4.69) is 20.1 Å². The number of fused-ring (bicyclic) bond motifs is 1. The quantitative estimate of drug-likeness (QED) is 0.579. The molecule has 0 aliphatic carbocycles. The van der Waals surface area contributed by atoms with Crippen LogP contribution in [0.25, 0.3) is 11.3 Å². The summed E-state index contributed by atoms with van der Waals surface area (Å²) in [5.74, 6) is 3.57. The van der Waals surface area contributed by atoms with Gasteiger partial charge in [0.15, 0.2) is 11.5 Å². The lowest BCUT2D eigenvalue weighted by Crippen LogP contribution is -2.06. The van der Waals surface area contributed by atoms with E-state index in [0.717, 1.165) is 53.0 Å². The van der Waals surface area contributed by atoms with E-state index in [0.29, 0.717) is 5.75 Å². The van der Waals surface area contributed by atoms with Crippen LogP contribution in [-0.2, 0) is 19.4 Å². The summed E-state index contributed by atoms with van der Waals surface area (Å²) < 4.78 is 13.0. The zero-order valence-corrected chi connectivity index (χ0v) is 18.0. The summed E-state index contributed by atoms with van der Waals surface area (Å²) in [6.07, 6.45) is 5.43. The standard InChI is InChI=1S/C19H22N4O2S.BrH/c1-24-15-8-7-13(10-16(15)25-2)14-12-26-19(20-14)11-18-22-21-17-6-4-3-5-9-23(17)18;/h7-8,10,12H,3-6,9,11H2,1-2H3;1H. The maximum absolute atomic E-state index is 5.39. The van der Waals surface area contributed by atoms with Gasteiger partial charge in [-0.05, 0) is 31.0 Å². The molecule has 144 valence electrons. The molecule has 1 aliphatic rings. The predicted molar refractivity (Wildman–Crippen MR) is 111 cm³/mol. The number of halogens is 1. The number of thiazole rings is 1. The van der Waals surface area contributed by atoms with Crippen LogP contribution in [0.2, 0.25) is 0 Å². The Hall–Kier alpha value is -1.93. The van der Waals surface area contributed by atoms with Crippen molar-refractivity contribution in [2.45, 2.75) is 38.6 Å². The molecule has 6 nitrogen and oxygen atoms in total. The first kappa shape index (κ1) is 19.8. The Balaban J connectivity index is 0.00000210. The molecule has 1 aliphatic heterocycles. The van der Waals surface area contributed by atoms with E-state index in [-0.39, 0.29) is 17.0 Å². The largest absolute Gasteiger partial charge is 0.493 e. The summed E-state index contributed by atoms with van der Waals surface area (Å²) in [5.41, 5.74) is 1.96. The van der Waals surface area contributed by atoms with Gasteiger partial charge in [0.25, 0.3) is 0 Å². The minimum atomic E-state index is 0. The highest BCUT2D eigenvalue weighted by Crippen LogP contribution is 2.33. The zero-order chi connectivity index (χ0) is 17.9. The van der Waals surface area contributed by atoms with Crippen molar-refractivity contribution in [3.8, 4) is 22.8 Å². The molecule has 0 N–H and O–H groups in total. The average molecular weight is 451 g/mol. The third kappa shape index (κ3) is 4.16. The van der Waals surface area contributed by atoms with Crippen molar-refractivity contribution in [1.29, 1.82) is 0 Å². The molecule has 3 heterocycles. The van der Waals surface area contributed by atoms with Crippen molar-refractivity contribution >= 4 is 28.3 Å². The molecule has 1 aromatic carbocycles.